The molecule has 0 spiro atoms. The minimum Gasteiger partial charge on any atom is -0.356 e. The van der Waals surface area contributed by atoms with E-state index < -0.39 is 0 Å². The number of carbonyl (C=O) groups is 1. The van der Waals surface area contributed by atoms with Crippen molar-refractivity contribution >= 4 is 23.3 Å². The van der Waals surface area contributed by atoms with Crippen molar-refractivity contribution in [3.05, 3.63) is 87.7 Å². The van der Waals surface area contributed by atoms with Crippen molar-refractivity contribution in [2.45, 2.75) is 19.5 Å². The van der Waals surface area contributed by atoms with Crippen molar-refractivity contribution in [2.75, 3.05) is 11.9 Å². The van der Waals surface area contributed by atoms with Gasteiger partial charge in [-0.25, -0.2) is 4.98 Å². The summed E-state index contributed by atoms with van der Waals surface area (Å²) >= 11 is 6.04. The lowest BCUT2D eigenvalue weighted by atomic mass is 10.1. The molecule has 3 aromatic rings. The van der Waals surface area contributed by atoms with Gasteiger partial charge in [-0.2, -0.15) is 0 Å². The summed E-state index contributed by atoms with van der Waals surface area (Å²) in [5, 5.41) is 5.68. The summed E-state index contributed by atoms with van der Waals surface area (Å²) in [5.41, 5.74) is 1.54. The van der Waals surface area contributed by atoms with Crippen molar-refractivity contribution < 1.29 is 4.79 Å². The van der Waals surface area contributed by atoms with Crippen LogP contribution in [0.4, 0.5) is 5.82 Å². The molecule has 0 aliphatic rings. The third-order valence-corrected chi connectivity index (χ3v) is 4.22. The molecule has 0 unspecified atom stereocenters. The maximum absolute atomic E-state index is 12.6. The number of aryl methyl sites for hydroxylation is 2. The maximum Gasteiger partial charge on any atom is 0.293 e. The van der Waals surface area contributed by atoms with Gasteiger partial charge in [-0.05, 0) is 24.1 Å². The number of aromatic nitrogens is 3. The Morgan fingerprint density at radius 3 is 2.64 bits per heavy atom. The molecule has 8 heteroatoms. The van der Waals surface area contributed by atoms with Gasteiger partial charge in [0, 0.05) is 18.9 Å². The largest absolute Gasteiger partial charge is 0.356 e. The van der Waals surface area contributed by atoms with Crippen LogP contribution in [0.2, 0.25) is 5.15 Å². The minimum atomic E-state index is -0.321. The third kappa shape index (κ3) is 5.65. The summed E-state index contributed by atoms with van der Waals surface area (Å²) in [6.07, 6.45) is 3.85. The van der Waals surface area contributed by atoms with Crippen LogP contribution < -0.4 is 16.2 Å². The second-order valence-corrected chi connectivity index (χ2v) is 6.48. The smallest absolute Gasteiger partial charge is 0.293 e. The van der Waals surface area contributed by atoms with Crippen molar-refractivity contribution in [1.29, 1.82) is 0 Å². The Kier molecular flexibility index (Phi) is 6.75. The number of amides is 1. The first-order valence-electron chi connectivity index (χ1n) is 8.83. The lowest BCUT2D eigenvalue weighted by molar-refractivity contribution is -0.119. The molecule has 0 radical (unpaired) electrons. The van der Waals surface area contributed by atoms with Gasteiger partial charge in [0.05, 0.1) is 18.8 Å². The van der Waals surface area contributed by atoms with E-state index in [2.05, 4.69) is 20.6 Å². The van der Waals surface area contributed by atoms with Crippen LogP contribution in [-0.4, -0.2) is 27.0 Å². The fourth-order valence-electron chi connectivity index (χ4n) is 2.60. The minimum absolute atomic E-state index is 0.0496. The standard InChI is InChI=1S/C20H20ClN5O2/c21-17-14-26(11-9-15-6-2-1-3-7-15)20(28)19(25-17)24-13-18(27)23-12-16-8-4-5-10-22-16/h1-8,10,14H,9,11-13H2,(H,23,27)(H,24,25). The molecular formula is C20H20ClN5O2. The summed E-state index contributed by atoms with van der Waals surface area (Å²) in [4.78, 5) is 32.7. The fraction of sp³-hybridized carbons (Fsp3) is 0.200. The second kappa shape index (κ2) is 9.66. The van der Waals surface area contributed by atoms with Gasteiger partial charge in [-0.1, -0.05) is 48.0 Å². The summed E-state index contributed by atoms with van der Waals surface area (Å²) in [6.45, 7) is 0.686. The monoisotopic (exact) mass is 397 g/mol. The molecule has 0 saturated heterocycles. The van der Waals surface area contributed by atoms with Crippen molar-refractivity contribution in [3.8, 4) is 0 Å². The molecule has 1 amide bonds. The van der Waals surface area contributed by atoms with Gasteiger partial charge in [0.25, 0.3) is 5.56 Å². The lowest BCUT2D eigenvalue weighted by Crippen LogP contribution is -2.33. The van der Waals surface area contributed by atoms with Crippen LogP contribution in [0.3, 0.4) is 0 Å². The first-order chi connectivity index (χ1) is 13.6. The van der Waals surface area contributed by atoms with E-state index in [9.17, 15) is 9.59 Å². The zero-order valence-electron chi connectivity index (χ0n) is 15.1. The first-order valence-corrected chi connectivity index (χ1v) is 9.21. The van der Waals surface area contributed by atoms with Gasteiger partial charge in [0.15, 0.2) is 5.82 Å². The Morgan fingerprint density at radius 2 is 1.89 bits per heavy atom. The van der Waals surface area contributed by atoms with Crippen molar-refractivity contribution in [1.82, 2.24) is 19.9 Å². The molecule has 0 saturated carbocycles. The normalized spacial score (nSPS) is 10.5. The molecule has 0 atom stereocenters. The Bertz CT molecular complexity index is 977. The van der Waals surface area contributed by atoms with E-state index in [1.54, 1.807) is 12.3 Å². The highest BCUT2D eigenvalue weighted by Gasteiger charge is 2.10. The molecule has 0 aliphatic heterocycles. The average Bonchev–Trinajstić information content (AvgIpc) is 2.73. The molecule has 2 heterocycles. The van der Waals surface area contributed by atoms with Gasteiger partial charge in [-0.3, -0.25) is 14.6 Å². The summed E-state index contributed by atoms with van der Waals surface area (Å²) < 4.78 is 1.50. The SMILES string of the molecule is O=C(CNc1nc(Cl)cn(CCc2ccccc2)c1=O)NCc1ccccn1. The molecular weight excluding hydrogens is 378 g/mol. The number of hydrogen-bond donors (Lipinski definition) is 2. The van der Waals surface area contributed by atoms with E-state index in [-0.39, 0.29) is 29.0 Å². The molecule has 0 fully saturated rings. The highest BCUT2D eigenvalue weighted by atomic mass is 35.5. The molecule has 1 aromatic carbocycles. The number of hydrogen-bond acceptors (Lipinski definition) is 5. The maximum atomic E-state index is 12.6. The average molecular weight is 398 g/mol. The Labute approximate surface area is 167 Å². The zero-order valence-corrected chi connectivity index (χ0v) is 15.9. The van der Waals surface area contributed by atoms with Crippen LogP contribution in [0, 0.1) is 0 Å². The van der Waals surface area contributed by atoms with E-state index in [1.165, 1.54) is 10.8 Å². The predicted octanol–water partition coefficient (Wildman–Crippen LogP) is 2.26. The molecule has 28 heavy (non-hydrogen) atoms. The number of rotatable bonds is 8. The van der Waals surface area contributed by atoms with E-state index >= 15 is 0 Å². The van der Waals surface area contributed by atoms with Gasteiger partial charge in [0.1, 0.15) is 5.15 Å². The van der Waals surface area contributed by atoms with E-state index in [4.69, 9.17) is 11.6 Å². The van der Waals surface area contributed by atoms with Gasteiger partial charge >= 0.3 is 0 Å². The first kappa shape index (κ1) is 19.6. The Morgan fingerprint density at radius 1 is 1.11 bits per heavy atom. The number of carbonyl (C=O) groups excluding carboxylic acids is 1. The molecule has 3 rings (SSSR count). The number of anilines is 1. The van der Waals surface area contributed by atoms with Crippen LogP contribution in [0.5, 0.6) is 0 Å². The van der Waals surface area contributed by atoms with Crippen LogP contribution >= 0.6 is 11.6 Å². The summed E-state index contributed by atoms with van der Waals surface area (Å²) in [7, 11) is 0. The molecule has 0 bridgehead atoms. The van der Waals surface area contributed by atoms with Crippen LogP contribution in [0.15, 0.2) is 65.7 Å². The molecule has 2 aromatic heterocycles. The number of pyridine rings is 1. The number of nitrogens with zero attached hydrogens (tertiary/aromatic N) is 3. The second-order valence-electron chi connectivity index (χ2n) is 6.10. The predicted molar refractivity (Wildman–Crippen MR) is 108 cm³/mol. The fourth-order valence-corrected chi connectivity index (χ4v) is 2.80. The summed E-state index contributed by atoms with van der Waals surface area (Å²) in [6, 6.07) is 15.3. The molecule has 7 nitrogen and oxygen atoms in total. The topological polar surface area (TPSA) is 88.9 Å². The van der Waals surface area contributed by atoms with Crippen molar-refractivity contribution in [3.63, 3.8) is 0 Å². The summed E-state index contributed by atoms with van der Waals surface area (Å²) in [5.74, 6) is -0.226. The van der Waals surface area contributed by atoms with Gasteiger partial charge in [0.2, 0.25) is 5.91 Å². The van der Waals surface area contributed by atoms with Gasteiger partial charge < -0.3 is 15.2 Å². The van der Waals surface area contributed by atoms with E-state index in [1.807, 2.05) is 42.5 Å². The number of nitrogens with one attached hydrogen (secondary N) is 2. The molecule has 2 N–H and O–H groups in total. The molecule has 0 aliphatic carbocycles. The third-order valence-electron chi connectivity index (χ3n) is 4.04. The lowest BCUT2D eigenvalue weighted by Gasteiger charge is -2.10. The number of halogens is 1. The van der Waals surface area contributed by atoms with Crippen LogP contribution in [0.25, 0.3) is 0 Å². The Balaban J connectivity index is 1.58. The van der Waals surface area contributed by atoms with Crippen LogP contribution in [-0.2, 0) is 24.3 Å². The van der Waals surface area contributed by atoms with Crippen molar-refractivity contribution in [2.24, 2.45) is 0 Å². The number of benzene rings is 1. The van der Waals surface area contributed by atoms with Crippen LogP contribution in [0.1, 0.15) is 11.3 Å². The Hall–Kier alpha value is -3.19. The quantitative estimate of drug-likeness (QED) is 0.608. The zero-order chi connectivity index (χ0) is 19.8. The molecule has 144 valence electrons. The highest BCUT2D eigenvalue weighted by molar-refractivity contribution is 6.29. The van der Waals surface area contributed by atoms with E-state index in [0.717, 1.165) is 11.3 Å². The van der Waals surface area contributed by atoms with E-state index in [0.29, 0.717) is 19.5 Å². The van der Waals surface area contributed by atoms with Gasteiger partial charge in [-0.15, -0.1) is 0 Å². The highest BCUT2D eigenvalue weighted by Crippen LogP contribution is 2.07.